The Morgan fingerprint density at radius 1 is 0.754 bits per heavy atom. The van der Waals surface area contributed by atoms with Gasteiger partial charge < -0.3 is 48.7 Å². The summed E-state index contributed by atoms with van der Waals surface area (Å²) in [5.41, 5.74) is 27.9. The monoisotopic (exact) mass is 787 g/mol. The average molecular weight is 788 g/mol. The highest BCUT2D eigenvalue weighted by Crippen LogP contribution is 2.22. The molecule has 308 valence electrons. The highest BCUT2D eigenvalue weighted by molar-refractivity contribution is 5.95. The third-order valence-corrected chi connectivity index (χ3v) is 9.43. The topological polar surface area (TPSA) is 282 Å². The summed E-state index contributed by atoms with van der Waals surface area (Å²) in [7, 11) is 0. The number of primary amides is 1. The molecule has 0 fully saturated rings. The second-order valence-corrected chi connectivity index (χ2v) is 14.2. The highest BCUT2D eigenvalue weighted by Gasteiger charge is 2.31. The first kappa shape index (κ1) is 45.4. The summed E-state index contributed by atoms with van der Waals surface area (Å²) in [6, 6.07) is 15.0. The number of hydrogen-bond acceptors (Lipinski definition) is 10. The van der Waals surface area contributed by atoms with Crippen LogP contribution in [0.1, 0.15) is 65.5 Å². The van der Waals surface area contributed by atoms with Crippen molar-refractivity contribution in [3.05, 3.63) is 100 Å². The van der Waals surface area contributed by atoms with Crippen LogP contribution in [0.2, 0.25) is 0 Å². The van der Waals surface area contributed by atoms with E-state index >= 15 is 0 Å². The molecule has 0 aliphatic heterocycles. The molecule has 0 radical (unpaired) electrons. The first-order valence-corrected chi connectivity index (χ1v) is 18.9. The van der Waals surface area contributed by atoms with Crippen LogP contribution in [0, 0.1) is 26.2 Å². The molecule has 3 rings (SSSR count). The third-order valence-electron chi connectivity index (χ3n) is 9.43. The molecule has 3 aromatic carbocycles. The molecule has 16 heteroatoms. The number of aromatic hydroxyl groups is 1. The fourth-order valence-corrected chi connectivity index (χ4v) is 6.30. The van der Waals surface area contributed by atoms with Crippen LogP contribution in [0.4, 0.5) is 4.79 Å². The largest absolute Gasteiger partial charge is 0.508 e. The number of ether oxygens (including phenoxy) is 1. The first-order valence-electron chi connectivity index (χ1n) is 18.9. The van der Waals surface area contributed by atoms with E-state index in [1.54, 1.807) is 38.1 Å². The van der Waals surface area contributed by atoms with Crippen molar-refractivity contribution < 1.29 is 33.8 Å². The number of aryl methyl sites for hydroxylation is 3. The van der Waals surface area contributed by atoms with Gasteiger partial charge in [0.1, 0.15) is 30.5 Å². The Labute approximate surface area is 333 Å². The number of phenols is 1. The molecule has 0 aliphatic rings. The standard InChI is InChI=1S/C41H57N9O7/c1-25-11-9-14-29(19-25)22-34(36(44)52)48-38(54)33(16-7-8-17-42)47-39(55)35(23-31-26(2)20-30(51)21-27(31)3)49-37(53)32(43)15-10-18-50(40(45)46)41(56)57-24-28-12-5-4-6-13-28/h4-6,9,11-14,19-21,32-35,51H,7-8,10,15-18,22-24,42-43H2,1-3H3,(H2,44,52)(H3,45,46)(H,47,55)(H,48,54)(H,49,53)/t32-,33+,34+,35+/m1/s1. The maximum atomic E-state index is 14.1. The lowest BCUT2D eigenvalue weighted by Crippen LogP contribution is -2.58. The normalized spacial score (nSPS) is 13.0. The molecule has 0 heterocycles. The number of benzene rings is 3. The fourth-order valence-electron chi connectivity index (χ4n) is 6.30. The van der Waals surface area contributed by atoms with Crippen molar-refractivity contribution in [1.82, 2.24) is 20.9 Å². The minimum atomic E-state index is -1.23. The molecule has 0 aromatic heterocycles. The number of phenolic OH excluding ortho intramolecular Hbond substituents is 1. The van der Waals surface area contributed by atoms with E-state index in [0.29, 0.717) is 36.1 Å². The van der Waals surface area contributed by atoms with Crippen LogP contribution in [-0.2, 0) is 43.4 Å². The van der Waals surface area contributed by atoms with Gasteiger partial charge in [0.15, 0.2) is 5.96 Å². The Morgan fingerprint density at radius 3 is 1.98 bits per heavy atom. The van der Waals surface area contributed by atoms with Crippen molar-refractivity contribution in [2.75, 3.05) is 13.1 Å². The minimum absolute atomic E-state index is 0.0119. The number of rotatable bonds is 21. The second kappa shape index (κ2) is 22.5. The van der Waals surface area contributed by atoms with Gasteiger partial charge in [-0.2, -0.15) is 0 Å². The van der Waals surface area contributed by atoms with Gasteiger partial charge in [0.2, 0.25) is 23.6 Å². The molecule has 13 N–H and O–H groups in total. The maximum Gasteiger partial charge on any atom is 0.416 e. The molecular formula is C41H57N9O7. The lowest BCUT2D eigenvalue weighted by atomic mass is 9.95. The zero-order valence-corrected chi connectivity index (χ0v) is 32.9. The van der Waals surface area contributed by atoms with E-state index in [0.717, 1.165) is 21.6 Å². The quantitative estimate of drug-likeness (QED) is 0.0429. The maximum absolute atomic E-state index is 14.1. The van der Waals surface area contributed by atoms with Gasteiger partial charge in [-0.25, -0.2) is 9.69 Å². The molecule has 0 aliphatic carbocycles. The molecule has 57 heavy (non-hydrogen) atoms. The van der Waals surface area contributed by atoms with E-state index in [2.05, 4.69) is 16.0 Å². The fraction of sp³-hybridized carbons (Fsp3) is 0.415. The van der Waals surface area contributed by atoms with E-state index in [9.17, 15) is 29.1 Å². The van der Waals surface area contributed by atoms with Crippen molar-refractivity contribution in [1.29, 1.82) is 5.41 Å². The molecule has 0 saturated heterocycles. The number of nitrogens with zero attached hydrogens (tertiary/aromatic N) is 1. The van der Waals surface area contributed by atoms with Gasteiger partial charge >= 0.3 is 6.09 Å². The van der Waals surface area contributed by atoms with Gasteiger partial charge in [0.05, 0.1) is 6.04 Å². The van der Waals surface area contributed by atoms with Gasteiger partial charge in [0.25, 0.3) is 0 Å². The molecule has 5 amide bonds. The van der Waals surface area contributed by atoms with Crippen molar-refractivity contribution >= 4 is 35.7 Å². The van der Waals surface area contributed by atoms with Gasteiger partial charge in [-0.1, -0.05) is 60.2 Å². The number of hydrogen-bond donors (Lipinski definition) is 9. The summed E-state index contributed by atoms with van der Waals surface area (Å²) in [5.74, 6) is -3.24. The number of nitrogens with one attached hydrogen (secondary N) is 4. The van der Waals surface area contributed by atoms with Crippen LogP contribution < -0.4 is 38.9 Å². The minimum Gasteiger partial charge on any atom is -0.508 e. The van der Waals surface area contributed by atoms with Crippen molar-refractivity contribution in [2.45, 2.75) is 96.5 Å². The summed E-state index contributed by atoms with van der Waals surface area (Å²) in [6.45, 7) is 5.70. The van der Waals surface area contributed by atoms with E-state index in [1.165, 1.54) is 12.1 Å². The zero-order chi connectivity index (χ0) is 42.1. The predicted molar refractivity (Wildman–Crippen MR) is 217 cm³/mol. The molecule has 0 bridgehead atoms. The van der Waals surface area contributed by atoms with Crippen molar-refractivity contribution in [3.8, 4) is 5.75 Å². The number of carbonyl (C=O) groups is 5. The first-order chi connectivity index (χ1) is 27.1. The average Bonchev–Trinajstić information content (AvgIpc) is 3.15. The molecule has 0 saturated carbocycles. The van der Waals surface area contributed by atoms with Crippen molar-refractivity contribution in [3.63, 3.8) is 0 Å². The molecular weight excluding hydrogens is 731 g/mol. The number of carbonyl (C=O) groups excluding carboxylic acids is 5. The molecule has 4 atom stereocenters. The van der Waals surface area contributed by atoms with E-state index in [1.807, 2.05) is 37.3 Å². The van der Waals surface area contributed by atoms with Gasteiger partial charge in [0, 0.05) is 19.4 Å². The molecule has 0 spiro atoms. The number of guanidine groups is 1. The summed E-state index contributed by atoms with van der Waals surface area (Å²) in [6.07, 6.45) is 0.730. The van der Waals surface area contributed by atoms with Crippen LogP contribution in [0.5, 0.6) is 5.75 Å². The van der Waals surface area contributed by atoms with Gasteiger partial charge in [-0.3, -0.25) is 24.6 Å². The SMILES string of the molecule is Cc1cccc(C[C@H](NC(=O)[C@H](CCCCN)NC(=O)[C@H](Cc2c(C)cc(O)cc2C)NC(=O)[C@H](N)CCCN(C(=N)N)C(=O)OCc2ccccc2)C(N)=O)c1. The Hall–Kier alpha value is -6.00. The van der Waals surface area contributed by atoms with Gasteiger partial charge in [-0.15, -0.1) is 0 Å². The lowest BCUT2D eigenvalue weighted by Gasteiger charge is -2.26. The number of amides is 5. The number of unbranched alkanes of at least 4 members (excludes halogenated alkanes) is 1. The van der Waals surface area contributed by atoms with Gasteiger partial charge in [-0.05, 0) is 99.4 Å². The van der Waals surface area contributed by atoms with Crippen LogP contribution in [-0.4, -0.2) is 82.9 Å². The molecule has 16 nitrogen and oxygen atoms in total. The predicted octanol–water partition coefficient (Wildman–Crippen LogP) is 1.81. The molecule has 3 aromatic rings. The second-order valence-electron chi connectivity index (χ2n) is 14.2. The summed E-state index contributed by atoms with van der Waals surface area (Å²) in [4.78, 5) is 67.5. The lowest BCUT2D eigenvalue weighted by molar-refractivity contribution is -0.133. The Bertz CT molecular complexity index is 1830. The smallest absolute Gasteiger partial charge is 0.416 e. The van der Waals surface area contributed by atoms with E-state index in [-0.39, 0.29) is 51.0 Å². The Balaban J connectivity index is 1.76. The van der Waals surface area contributed by atoms with Crippen LogP contribution in [0.25, 0.3) is 0 Å². The molecule has 0 unspecified atom stereocenters. The van der Waals surface area contributed by atoms with Crippen LogP contribution in [0.15, 0.2) is 66.7 Å². The van der Waals surface area contributed by atoms with Crippen LogP contribution in [0.3, 0.4) is 0 Å². The van der Waals surface area contributed by atoms with E-state index < -0.39 is 59.8 Å². The number of nitrogens with two attached hydrogens (primary N) is 4. The third kappa shape index (κ3) is 14.9. The Morgan fingerprint density at radius 2 is 1.37 bits per heavy atom. The summed E-state index contributed by atoms with van der Waals surface area (Å²) >= 11 is 0. The summed E-state index contributed by atoms with van der Waals surface area (Å²) < 4.78 is 5.30. The zero-order valence-electron chi connectivity index (χ0n) is 32.9. The highest BCUT2D eigenvalue weighted by atomic mass is 16.6. The van der Waals surface area contributed by atoms with Crippen molar-refractivity contribution in [2.24, 2.45) is 22.9 Å². The Kier molecular flexibility index (Phi) is 17.9. The van der Waals surface area contributed by atoms with Crippen LogP contribution >= 0.6 is 0 Å². The van der Waals surface area contributed by atoms with E-state index in [4.69, 9.17) is 33.1 Å². The summed E-state index contributed by atoms with van der Waals surface area (Å²) in [5, 5.41) is 26.2.